The third-order valence-corrected chi connectivity index (χ3v) is 5.83. The molecule has 1 aliphatic heterocycles. The molecule has 0 bridgehead atoms. The number of barbiturate groups is 1. The summed E-state index contributed by atoms with van der Waals surface area (Å²) >= 11 is 0. The lowest BCUT2D eigenvalue weighted by molar-refractivity contribution is -0.128. The van der Waals surface area contributed by atoms with E-state index in [9.17, 15) is 14.4 Å². The lowest BCUT2D eigenvalue weighted by Gasteiger charge is -2.31. The molecule has 4 rings (SSSR count). The highest BCUT2D eigenvalue weighted by atomic mass is 16.2. The Morgan fingerprint density at radius 1 is 0.844 bits per heavy atom. The van der Waals surface area contributed by atoms with Gasteiger partial charge in [-0.1, -0.05) is 37.3 Å². The van der Waals surface area contributed by atoms with Crippen LogP contribution >= 0.6 is 0 Å². The van der Waals surface area contributed by atoms with E-state index in [-0.39, 0.29) is 5.57 Å². The molecule has 1 fully saturated rings. The van der Waals surface area contributed by atoms with E-state index < -0.39 is 17.8 Å². The second-order valence-corrected chi connectivity index (χ2v) is 7.86. The van der Waals surface area contributed by atoms with Gasteiger partial charge in [-0.25, -0.2) is 9.69 Å². The smallest absolute Gasteiger partial charge is 0.318 e. The van der Waals surface area contributed by atoms with Crippen molar-refractivity contribution in [3.8, 4) is 5.69 Å². The molecule has 0 atom stereocenters. The zero-order chi connectivity index (χ0) is 23.0. The van der Waals surface area contributed by atoms with Crippen LogP contribution in [0.2, 0.25) is 0 Å². The number of aryl methyl sites for hydroxylation is 2. The van der Waals surface area contributed by atoms with Crippen molar-refractivity contribution in [3.63, 3.8) is 0 Å². The molecule has 2 heterocycles. The average molecular weight is 428 g/mol. The number of rotatable bonds is 4. The number of amides is 4. The summed E-state index contributed by atoms with van der Waals surface area (Å²) in [6.45, 7) is 6.05. The van der Waals surface area contributed by atoms with Gasteiger partial charge in [0.05, 0.1) is 5.69 Å². The van der Waals surface area contributed by atoms with Gasteiger partial charge in [-0.05, 0) is 67.8 Å². The number of aromatic nitrogens is 1. The Labute approximate surface area is 187 Å². The summed E-state index contributed by atoms with van der Waals surface area (Å²) < 4.78 is 2.09. The molecule has 4 amide bonds. The first-order chi connectivity index (χ1) is 15.3. The van der Waals surface area contributed by atoms with Gasteiger partial charge in [-0.15, -0.1) is 0 Å². The Balaban J connectivity index is 1.78. The van der Waals surface area contributed by atoms with Gasteiger partial charge < -0.3 is 4.57 Å². The molecule has 2 aromatic carbocycles. The summed E-state index contributed by atoms with van der Waals surface area (Å²) in [7, 11) is 1.39. The first kappa shape index (κ1) is 21.3. The molecule has 0 unspecified atom stereocenters. The van der Waals surface area contributed by atoms with Crippen LogP contribution in [0.4, 0.5) is 10.5 Å². The van der Waals surface area contributed by atoms with Crippen molar-refractivity contribution >= 4 is 29.6 Å². The highest BCUT2D eigenvalue weighted by Gasteiger charge is 2.41. The highest BCUT2D eigenvalue weighted by molar-refractivity contribution is 6.39. The fraction of sp³-hybridized carbons (Fsp3) is 0.192. The Morgan fingerprint density at radius 3 is 2.12 bits per heavy atom. The Kier molecular flexibility index (Phi) is 5.53. The topological polar surface area (TPSA) is 62.6 Å². The maximum absolute atomic E-state index is 13.2. The summed E-state index contributed by atoms with van der Waals surface area (Å²) in [5.41, 5.74) is 5.30. The first-order valence-electron chi connectivity index (χ1n) is 10.5. The molecule has 6 heteroatoms. The van der Waals surface area contributed by atoms with Gasteiger partial charge in [0.1, 0.15) is 5.57 Å². The molecule has 0 aliphatic carbocycles. The summed E-state index contributed by atoms with van der Waals surface area (Å²) in [4.78, 5) is 40.8. The van der Waals surface area contributed by atoms with Crippen molar-refractivity contribution in [1.82, 2.24) is 9.47 Å². The normalized spacial score (nSPS) is 15.8. The van der Waals surface area contributed by atoms with Crippen molar-refractivity contribution in [1.29, 1.82) is 0 Å². The third kappa shape index (κ3) is 3.54. The van der Waals surface area contributed by atoms with Crippen molar-refractivity contribution in [3.05, 3.63) is 88.8 Å². The number of hydrogen-bond acceptors (Lipinski definition) is 3. The van der Waals surface area contributed by atoms with Gasteiger partial charge in [0.25, 0.3) is 11.8 Å². The summed E-state index contributed by atoms with van der Waals surface area (Å²) in [5, 5.41) is 0. The maximum atomic E-state index is 13.2. The van der Waals surface area contributed by atoms with Crippen LogP contribution < -0.4 is 4.90 Å². The predicted octanol–water partition coefficient (Wildman–Crippen LogP) is 4.67. The molecular formula is C26H25N3O3. The predicted molar refractivity (Wildman–Crippen MR) is 125 cm³/mol. The molecule has 0 radical (unpaired) electrons. The van der Waals surface area contributed by atoms with E-state index in [0.717, 1.165) is 38.9 Å². The van der Waals surface area contributed by atoms with Gasteiger partial charge in [0.2, 0.25) is 0 Å². The van der Waals surface area contributed by atoms with E-state index in [0.29, 0.717) is 5.69 Å². The maximum Gasteiger partial charge on any atom is 0.338 e. The minimum Gasteiger partial charge on any atom is -0.318 e. The number of hydrogen-bond donors (Lipinski definition) is 0. The van der Waals surface area contributed by atoms with E-state index in [1.54, 1.807) is 36.4 Å². The van der Waals surface area contributed by atoms with Crippen molar-refractivity contribution in [2.24, 2.45) is 0 Å². The molecule has 1 aromatic heterocycles. The molecule has 1 aliphatic rings. The van der Waals surface area contributed by atoms with Crippen LogP contribution in [0.5, 0.6) is 0 Å². The number of carbonyl (C=O) groups excluding carboxylic acids is 3. The summed E-state index contributed by atoms with van der Waals surface area (Å²) in [5.74, 6) is -1.23. The van der Waals surface area contributed by atoms with E-state index >= 15 is 0 Å². The van der Waals surface area contributed by atoms with E-state index in [4.69, 9.17) is 0 Å². The zero-order valence-corrected chi connectivity index (χ0v) is 18.6. The minimum absolute atomic E-state index is 0.0440. The number of urea groups is 1. The van der Waals surface area contributed by atoms with Gasteiger partial charge >= 0.3 is 6.03 Å². The SMILES string of the molecule is CCc1ccc(-n2c(C)cc(/C=C3\C(=O)N(C)C(=O)N(c4ccccc4)C3=O)c2C)cc1. The van der Waals surface area contributed by atoms with Crippen LogP contribution in [-0.4, -0.2) is 34.4 Å². The Hall–Kier alpha value is -3.93. The van der Waals surface area contributed by atoms with Crippen LogP contribution in [0.15, 0.2) is 66.2 Å². The fourth-order valence-electron chi connectivity index (χ4n) is 4.01. The Morgan fingerprint density at radius 2 is 1.50 bits per heavy atom. The lowest BCUT2D eigenvalue weighted by atomic mass is 10.1. The summed E-state index contributed by atoms with van der Waals surface area (Å²) in [6, 6.07) is 18.2. The van der Waals surface area contributed by atoms with Crippen molar-refractivity contribution in [2.45, 2.75) is 27.2 Å². The molecule has 32 heavy (non-hydrogen) atoms. The van der Waals surface area contributed by atoms with E-state index in [1.807, 2.05) is 19.9 Å². The van der Waals surface area contributed by atoms with Gasteiger partial charge in [-0.2, -0.15) is 0 Å². The molecule has 0 N–H and O–H groups in total. The number of para-hydroxylation sites is 1. The van der Waals surface area contributed by atoms with Crippen LogP contribution in [0.25, 0.3) is 11.8 Å². The second kappa shape index (κ2) is 8.30. The largest absolute Gasteiger partial charge is 0.338 e. The number of carbonyl (C=O) groups is 3. The molecule has 0 spiro atoms. The average Bonchev–Trinajstić information content (AvgIpc) is 3.09. The van der Waals surface area contributed by atoms with Crippen molar-refractivity contribution in [2.75, 3.05) is 11.9 Å². The number of imide groups is 2. The van der Waals surface area contributed by atoms with Gasteiger partial charge in [0, 0.05) is 24.1 Å². The standard InChI is InChI=1S/C26H25N3O3/c1-5-19-11-13-22(14-12-19)28-17(2)15-20(18(28)3)16-23-24(30)27(4)26(32)29(25(23)31)21-9-7-6-8-10-21/h6-16H,5H2,1-4H3/b23-16+. The molecule has 6 nitrogen and oxygen atoms in total. The fourth-order valence-corrected chi connectivity index (χ4v) is 4.01. The number of benzene rings is 2. The Bertz CT molecular complexity index is 1240. The monoisotopic (exact) mass is 427 g/mol. The first-order valence-corrected chi connectivity index (χ1v) is 10.5. The molecular weight excluding hydrogens is 402 g/mol. The van der Waals surface area contributed by atoms with Crippen LogP contribution in [0.1, 0.15) is 29.4 Å². The second-order valence-electron chi connectivity index (χ2n) is 7.86. The molecule has 162 valence electrons. The highest BCUT2D eigenvalue weighted by Crippen LogP contribution is 2.28. The third-order valence-electron chi connectivity index (χ3n) is 5.83. The van der Waals surface area contributed by atoms with E-state index in [1.165, 1.54) is 12.6 Å². The molecule has 0 saturated carbocycles. The summed E-state index contributed by atoms with van der Waals surface area (Å²) in [6.07, 6.45) is 2.55. The van der Waals surface area contributed by atoms with Crippen LogP contribution in [0.3, 0.4) is 0 Å². The quantitative estimate of drug-likeness (QED) is 0.449. The van der Waals surface area contributed by atoms with Crippen LogP contribution in [-0.2, 0) is 16.0 Å². The number of nitrogens with zero attached hydrogens (tertiary/aromatic N) is 3. The molecule has 1 saturated heterocycles. The van der Waals surface area contributed by atoms with Gasteiger partial charge in [-0.3, -0.25) is 14.5 Å². The molecule has 3 aromatic rings. The van der Waals surface area contributed by atoms with Crippen LogP contribution in [0, 0.1) is 13.8 Å². The van der Waals surface area contributed by atoms with Crippen molar-refractivity contribution < 1.29 is 14.4 Å². The number of anilines is 1. The van der Waals surface area contributed by atoms with E-state index in [2.05, 4.69) is 35.8 Å². The van der Waals surface area contributed by atoms with Gasteiger partial charge in [0.15, 0.2) is 0 Å². The lowest BCUT2D eigenvalue weighted by Crippen LogP contribution is -2.55. The zero-order valence-electron chi connectivity index (χ0n) is 18.6. The number of likely N-dealkylation sites (N-methyl/N-ethyl adjacent to an activating group) is 1. The minimum atomic E-state index is -0.662.